The van der Waals surface area contributed by atoms with Gasteiger partial charge in [0.1, 0.15) is 12.4 Å². The fourth-order valence-corrected chi connectivity index (χ4v) is 1.51. The fraction of sp³-hybridized carbons (Fsp3) is 0.467. The Labute approximate surface area is 110 Å². The average molecular weight is 249 g/mol. The highest BCUT2D eigenvalue weighted by atomic mass is 16.5. The first kappa shape index (κ1) is 14.7. The van der Waals surface area contributed by atoms with Crippen LogP contribution in [0.4, 0.5) is 0 Å². The molecule has 1 aromatic carbocycles. The third-order valence-corrected chi connectivity index (χ3v) is 2.59. The van der Waals surface area contributed by atoms with E-state index in [2.05, 4.69) is 31.0 Å². The van der Waals surface area contributed by atoms with Gasteiger partial charge in [0.25, 0.3) is 0 Å². The number of hydrogen-bond donors (Lipinski definition) is 1. The minimum Gasteiger partial charge on any atom is -0.489 e. The highest BCUT2D eigenvalue weighted by Crippen LogP contribution is 2.13. The molecular formula is C15H23NO2. The Morgan fingerprint density at radius 3 is 2.61 bits per heavy atom. The Morgan fingerprint density at radius 1 is 1.28 bits per heavy atom. The van der Waals surface area contributed by atoms with Gasteiger partial charge in [-0.3, -0.25) is 0 Å². The van der Waals surface area contributed by atoms with Crippen molar-refractivity contribution in [3.63, 3.8) is 0 Å². The Morgan fingerprint density at radius 2 is 2.00 bits per heavy atom. The van der Waals surface area contributed by atoms with Crippen molar-refractivity contribution >= 4 is 0 Å². The molecule has 0 amide bonds. The van der Waals surface area contributed by atoms with Crippen molar-refractivity contribution in [2.24, 2.45) is 0 Å². The summed E-state index contributed by atoms with van der Waals surface area (Å²) in [5, 5.41) is 3.22. The van der Waals surface area contributed by atoms with E-state index in [1.165, 1.54) is 5.56 Å². The van der Waals surface area contributed by atoms with Crippen LogP contribution in [0.2, 0.25) is 0 Å². The molecule has 100 valence electrons. The Bertz CT molecular complexity index is 346. The second-order valence-corrected chi connectivity index (χ2v) is 4.21. The van der Waals surface area contributed by atoms with Crippen LogP contribution in [0.3, 0.4) is 0 Å². The maximum Gasteiger partial charge on any atom is 0.119 e. The van der Waals surface area contributed by atoms with Crippen LogP contribution in [-0.4, -0.2) is 33.4 Å². The van der Waals surface area contributed by atoms with Crippen LogP contribution < -0.4 is 10.1 Å². The first-order valence-corrected chi connectivity index (χ1v) is 6.34. The smallest absolute Gasteiger partial charge is 0.119 e. The zero-order valence-corrected chi connectivity index (χ0v) is 11.4. The zero-order chi connectivity index (χ0) is 13.2. The first-order chi connectivity index (χ1) is 8.76. The van der Waals surface area contributed by atoms with Gasteiger partial charge in [-0.1, -0.05) is 25.6 Å². The second kappa shape index (κ2) is 8.72. The molecule has 0 aliphatic carbocycles. The Hall–Kier alpha value is -1.32. The van der Waals surface area contributed by atoms with Gasteiger partial charge in [0.15, 0.2) is 0 Å². The molecule has 1 rings (SSSR count). The van der Waals surface area contributed by atoms with Crippen molar-refractivity contribution < 1.29 is 9.47 Å². The molecule has 1 aromatic rings. The molecule has 0 spiro atoms. The van der Waals surface area contributed by atoms with E-state index in [0.717, 1.165) is 37.4 Å². The van der Waals surface area contributed by atoms with E-state index >= 15 is 0 Å². The molecule has 0 radical (unpaired) electrons. The predicted octanol–water partition coefficient (Wildman–Crippen LogP) is 2.42. The summed E-state index contributed by atoms with van der Waals surface area (Å²) < 4.78 is 10.7. The Kier molecular flexibility index (Phi) is 7.14. The van der Waals surface area contributed by atoms with E-state index in [0.29, 0.717) is 6.61 Å². The summed E-state index contributed by atoms with van der Waals surface area (Å²) in [7, 11) is 1.72. The first-order valence-electron chi connectivity index (χ1n) is 6.34. The number of benzene rings is 1. The molecular weight excluding hydrogens is 226 g/mol. The summed E-state index contributed by atoms with van der Waals surface area (Å²) in [4.78, 5) is 0. The monoisotopic (exact) mass is 249 g/mol. The molecule has 0 bridgehead atoms. The number of rotatable bonds is 9. The zero-order valence-electron chi connectivity index (χ0n) is 11.4. The van der Waals surface area contributed by atoms with Gasteiger partial charge in [0.05, 0.1) is 6.61 Å². The summed E-state index contributed by atoms with van der Waals surface area (Å²) in [6.07, 6.45) is 0.934. The van der Waals surface area contributed by atoms with Crippen LogP contribution in [0, 0.1) is 0 Å². The molecule has 1 N–H and O–H groups in total. The van der Waals surface area contributed by atoms with Crippen LogP contribution in [0.1, 0.15) is 12.5 Å². The van der Waals surface area contributed by atoms with E-state index < -0.39 is 0 Å². The van der Waals surface area contributed by atoms with Gasteiger partial charge >= 0.3 is 0 Å². The van der Waals surface area contributed by atoms with Crippen molar-refractivity contribution in [3.8, 4) is 5.75 Å². The van der Waals surface area contributed by atoms with Crippen LogP contribution >= 0.6 is 0 Å². The van der Waals surface area contributed by atoms with Gasteiger partial charge in [-0.05, 0) is 36.2 Å². The fourth-order valence-electron chi connectivity index (χ4n) is 1.51. The lowest BCUT2D eigenvalue weighted by Gasteiger charge is -2.09. The predicted molar refractivity (Wildman–Crippen MR) is 75.2 cm³/mol. The SMILES string of the molecule is C=C(CNCC)COc1ccc(CCOC)cc1. The lowest BCUT2D eigenvalue weighted by Crippen LogP contribution is -2.18. The molecule has 0 aliphatic rings. The molecule has 0 unspecified atom stereocenters. The normalized spacial score (nSPS) is 10.3. The van der Waals surface area contributed by atoms with Crippen LogP contribution in [0.5, 0.6) is 5.75 Å². The van der Waals surface area contributed by atoms with E-state index in [1.807, 2.05) is 12.1 Å². The van der Waals surface area contributed by atoms with Gasteiger partial charge < -0.3 is 14.8 Å². The number of ether oxygens (including phenoxy) is 2. The van der Waals surface area contributed by atoms with Crippen molar-refractivity contribution in [2.75, 3.05) is 33.4 Å². The number of likely N-dealkylation sites (N-methyl/N-ethyl adjacent to an activating group) is 1. The molecule has 3 heteroatoms. The average Bonchev–Trinajstić information content (AvgIpc) is 2.41. The third-order valence-electron chi connectivity index (χ3n) is 2.59. The van der Waals surface area contributed by atoms with Gasteiger partial charge in [-0.15, -0.1) is 0 Å². The third kappa shape index (κ3) is 5.84. The molecule has 0 atom stereocenters. The topological polar surface area (TPSA) is 30.5 Å². The molecule has 18 heavy (non-hydrogen) atoms. The minimum absolute atomic E-state index is 0.560. The summed E-state index contributed by atoms with van der Waals surface area (Å²) >= 11 is 0. The molecule has 0 saturated carbocycles. The highest BCUT2D eigenvalue weighted by molar-refractivity contribution is 5.27. The molecule has 0 heterocycles. The summed E-state index contributed by atoms with van der Waals surface area (Å²) in [5.41, 5.74) is 2.32. The summed E-state index contributed by atoms with van der Waals surface area (Å²) in [6, 6.07) is 8.12. The number of nitrogens with one attached hydrogen (secondary N) is 1. The van der Waals surface area contributed by atoms with Gasteiger partial charge in [-0.2, -0.15) is 0 Å². The van der Waals surface area contributed by atoms with Crippen molar-refractivity contribution in [2.45, 2.75) is 13.3 Å². The molecule has 0 aliphatic heterocycles. The molecule has 0 saturated heterocycles. The second-order valence-electron chi connectivity index (χ2n) is 4.21. The molecule has 0 aromatic heterocycles. The lowest BCUT2D eigenvalue weighted by atomic mass is 10.1. The standard InChI is InChI=1S/C15H23NO2/c1-4-16-11-13(2)12-18-15-7-5-14(6-8-15)9-10-17-3/h5-8,16H,2,4,9-12H2,1,3H3. The molecule has 3 nitrogen and oxygen atoms in total. The van der Waals surface area contributed by atoms with Crippen LogP contribution in [0.15, 0.2) is 36.4 Å². The number of methoxy groups -OCH3 is 1. The minimum atomic E-state index is 0.560. The van der Waals surface area contributed by atoms with Crippen LogP contribution in [-0.2, 0) is 11.2 Å². The largest absolute Gasteiger partial charge is 0.489 e. The van der Waals surface area contributed by atoms with Crippen molar-refractivity contribution in [3.05, 3.63) is 42.0 Å². The highest BCUT2D eigenvalue weighted by Gasteiger charge is 1.98. The van der Waals surface area contributed by atoms with Crippen molar-refractivity contribution in [1.82, 2.24) is 5.32 Å². The van der Waals surface area contributed by atoms with Gasteiger partial charge in [0, 0.05) is 13.7 Å². The quantitative estimate of drug-likeness (QED) is 0.682. The van der Waals surface area contributed by atoms with E-state index in [4.69, 9.17) is 9.47 Å². The summed E-state index contributed by atoms with van der Waals surface area (Å²) in [5.74, 6) is 0.883. The number of hydrogen-bond acceptors (Lipinski definition) is 3. The molecule has 0 fully saturated rings. The van der Waals surface area contributed by atoms with E-state index in [1.54, 1.807) is 7.11 Å². The van der Waals surface area contributed by atoms with Gasteiger partial charge in [-0.25, -0.2) is 0 Å². The lowest BCUT2D eigenvalue weighted by molar-refractivity contribution is 0.202. The van der Waals surface area contributed by atoms with E-state index in [9.17, 15) is 0 Å². The van der Waals surface area contributed by atoms with Crippen molar-refractivity contribution in [1.29, 1.82) is 0 Å². The van der Waals surface area contributed by atoms with Crippen LogP contribution in [0.25, 0.3) is 0 Å². The summed E-state index contributed by atoms with van der Waals surface area (Å²) in [6.45, 7) is 9.11. The van der Waals surface area contributed by atoms with E-state index in [-0.39, 0.29) is 0 Å². The van der Waals surface area contributed by atoms with Gasteiger partial charge in [0.2, 0.25) is 0 Å². The maximum atomic E-state index is 5.65. The maximum absolute atomic E-state index is 5.65. The Balaban J connectivity index is 2.32.